The monoisotopic (exact) mass is 495 g/mol. The first-order chi connectivity index (χ1) is 17.6. The van der Waals surface area contributed by atoms with Crippen LogP contribution in [0.3, 0.4) is 0 Å². The largest absolute Gasteiger partial charge is 0.299 e. The lowest BCUT2D eigenvalue weighted by atomic mass is 9.84. The summed E-state index contributed by atoms with van der Waals surface area (Å²) >= 11 is 0. The molecule has 1 unspecified atom stereocenters. The van der Waals surface area contributed by atoms with Gasteiger partial charge in [0.25, 0.3) is 0 Å². The maximum Gasteiger partial charge on any atom is 0.144 e. The normalized spacial score (nSPS) is 21.1. The molecule has 37 heavy (non-hydrogen) atoms. The number of rotatable bonds is 10. The van der Waals surface area contributed by atoms with Crippen LogP contribution in [0.1, 0.15) is 90.5 Å². The summed E-state index contributed by atoms with van der Waals surface area (Å²) in [5.41, 5.74) is 7.37. The van der Waals surface area contributed by atoms with E-state index in [-0.39, 0.29) is 5.41 Å². The first-order valence-electron chi connectivity index (χ1n) is 14.3. The summed E-state index contributed by atoms with van der Waals surface area (Å²) in [6.07, 6.45) is 8.36. The van der Waals surface area contributed by atoms with Gasteiger partial charge in [0.05, 0.1) is 17.3 Å². The fourth-order valence-corrected chi connectivity index (χ4v) is 6.96. The molecule has 0 N–H and O–H groups in total. The Labute approximate surface area is 225 Å². The minimum absolute atomic E-state index is 0.212. The van der Waals surface area contributed by atoms with Crippen molar-refractivity contribution in [2.75, 3.05) is 0 Å². The zero-order valence-electron chi connectivity index (χ0n) is 24.2. The summed E-state index contributed by atoms with van der Waals surface area (Å²) in [6, 6.07) is 15.6. The molecule has 0 saturated heterocycles. The number of imidazole rings is 1. The lowest BCUT2D eigenvalue weighted by Crippen LogP contribution is -2.15. The van der Waals surface area contributed by atoms with Gasteiger partial charge >= 0.3 is 0 Å². The van der Waals surface area contributed by atoms with Gasteiger partial charge in [-0.1, -0.05) is 79.7 Å². The van der Waals surface area contributed by atoms with Crippen molar-refractivity contribution in [3.8, 4) is 23.1 Å². The summed E-state index contributed by atoms with van der Waals surface area (Å²) in [5, 5.41) is 9.81. The standard InChI is InChI=1S/C34H45N3/c1-9-34(25(8)31(34)18-24(6)7)30-13-11-10-12-29(30)33-36-14-15-37(33)32-27(16-22(2)3)19-26(21-35)20-28(32)17-23(4)5/h10-15,19-20,22-25,31H,9,16-18H2,1-8H3/t25-,31+,34?/m1/s1. The SMILES string of the molecule is CCC1(c2ccccc2-c2nccn2-c2c(CC(C)C)cc(C#N)cc2CC(C)C)[C@H](C)[C@@H]1CC(C)C. The molecule has 1 heterocycles. The summed E-state index contributed by atoms with van der Waals surface area (Å²) in [4.78, 5) is 4.99. The first kappa shape index (κ1) is 27.2. The van der Waals surface area contributed by atoms with Crippen LogP contribution in [0, 0.1) is 40.9 Å². The minimum Gasteiger partial charge on any atom is -0.299 e. The Bertz CT molecular complexity index is 1240. The Kier molecular flexibility index (Phi) is 7.98. The molecule has 3 heteroatoms. The Hall–Kier alpha value is -2.86. The van der Waals surface area contributed by atoms with Gasteiger partial charge in [-0.25, -0.2) is 4.98 Å². The van der Waals surface area contributed by atoms with Crippen LogP contribution in [-0.2, 0) is 18.3 Å². The molecule has 196 valence electrons. The highest BCUT2D eigenvalue weighted by atomic mass is 15.1. The Balaban J connectivity index is 1.92. The molecule has 3 nitrogen and oxygen atoms in total. The third kappa shape index (κ3) is 5.13. The summed E-state index contributed by atoms with van der Waals surface area (Å²) in [5.74, 6) is 4.09. The number of hydrogen-bond donors (Lipinski definition) is 0. The van der Waals surface area contributed by atoms with Crippen LogP contribution in [0.15, 0.2) is 48.8 Å². The van der Waals surface area contributed by atoms with Gasteiger partial charge in [0.2, 0.25) is 0 Å². The number of nitrogens with zero attached hydrogens (tertiary/aromatic N) is 3. The van der Waals surface area contributed by atoms with E-state index in [2.05, 4.69) is 109 Å². The first-order valence-corrected chi connectivity index (χ1v) is 14.3. The van der Waals surface area contributed by atoms with E-state index in [1.165, 1.54) is 34.4 Å². The van der Waals surface area contributed by atoms with E-state index in [9.17, 15) is 5.26 Å². The Morgan fingerprint density at radius 3 is 2.14 bits per heavy atom. The lowest BCUT2D eigenvalue weighted by Gasteiger charge is -2.24. The van der Waals surface area contributed by atoms with Gasteiger partial charge in [-0.2, -0.15) is 5.26 Å². The van der Waals surface area contributed by atoms with Gasteiger partial charge in [-0.05, 0) is 84.1 Å². The van der Waals surface area contributed by atoms with E-state index in [0.29, 0.717) is 29.6 Å². The molecule has 3 aromatic rings. The van der Waals surface area contributed by atoms with Crippen molar-refractivity contribution in [2.24, 2.45) is 29.6 Å². The summed E-state index contributed by atoms with van der Waals surface area (Å²) in [7, 11) is 0. The van der Waals surface area contributed by atoms with E-state index >= 15 is 0 Å². The number of aromatic nitrogens is 2. The summed E-state index contributed by atoms with van der Waals surface area (Å²) in [6.45, 7) is 18.5. The van der Waals surface area contributed by atoms with Gasteiger partial charge in [-0.3, -0.25) is 4.57 Å². The topological polar surface area (TPSA) is 41.6 Å². The van der Waals surface area contributed by atoms with E-state index in [4.69, 9.17) is 4.98 Å². The zero-order valence-corrected chi connectivity index (χ0v) is 24.2. The van der Waals surface area contributed by atoms with E-state index in [0.717, 1.165) is 30.7 Å². The molecule has 1 fully saturated rings. The molecule has 0 amide bonds. The second-order valence-electron chi connectivity index (χ2n) is 12.5. The molecular formula is C34H45N3. The van der Waals surface area contributed by atoms with Crippen molar-refractivity contribution in [2.45, 2.75) is 86.5 Å². The lowest BCUT2D eigenvalue weighted by molar-refractivity contribution is 0.477. The number of nitriles is 1. The molecule has 0 radical (unpaired) electrons. The number of hydrogen-bond acceptors (Lipinski definition) is 2. The second-order valence-corrected chi connectivity index (χ2v) is 12.5. The van der Waals surface area contributed by atoms with Gasteiger partial charge in [0.1, 0.15) is 5.82 Å². The van der Waals surface area contributed by atoms with Crippen LogP contribution in [0.25, 0.3) is 17.1 Å². The quantitative estimate of drug-likeness (QED) is 0.282. The van der Waals surface area contributed by atoms with Crippen LogP contribution >= 0.6 is 0 Å². The fraction of sp³-hybridized carbons (Fsp3) is 0.529. The highest BCUT2D eigenvalue weighted by Crippen LogP contribution is 2.65. The molecule has 1 aliphatic rings. The molecule has 4 rings (SSSR count). The molecule has 2 aromatic carbocycles. The van der Waals surface area contributed by atoms with Crippen molar-refractivity contribution >= 4 is 0 Å². The van der Waals surface area contributed by atoms with Crippen molar-refractivity contribution in [3.63, 3.8) is 0 Å². The van der Waals surface area contributed by atoms with Crippen molar-refractivity contribution < 1.29 is 0 Å². The van der Waals surface area contributed by atoms with Crippen molar-refractivity contribution in [3.05, 3.63) is 71.0 Å². The molecule has 0 spiro atoms. The second kappa shape index (κ2) is 10.9. The third-order valence-electron chi connectivity index (χ3n) is 8.48. The third-order valence-corrected chi connectivity index (χ3v) is 8.48. The molecule has 0 aliphatic heterocycles. The van der Waals surface area contributed by atoms with Crippen LogP contribution in [0.4, 0.5) is 0 Å². The zero-order chi connectivity index (χ0) is 26.9. The van der Waals surface area contributed by atoms with Gasteiger partial charge < -0.3 is 0 Å². The van der Waals surface area contributed by atoms with E-state index < -0.39 is 0 Å². The molecular weight excluding hydrogens is 450 g/mol. The predicted octanol–water partition coefficient (Wildman–Crippen LogP) is 8.77. The molecule has 0 bridgehead atoms. The maximum absolute atomic E-state index is 9.81. The van der Waals surface area contributed by atoms with Crippen LogP contribution in [-0.4, -0.2) is 9.55 Å². The van der Waals surface area contributed by atoms with E-state index in [1.54, 1.807) is 0 Å². The summed E-state index contributed by atoms with van der Waals surface area (Å²) < 4.78 is 2.32. The van der Waals surface area contributed by atoms with Gasteiger partial charge in [-0.15, -0.1) is 0 Å². The van der Waals surface area contributed by atoms with Crippen molar-refractivity contribution in [1.29, 1.82) is 5.26 Å². The Morgan fingerprint density at radius 1 is 0.973 bits per heavy atom. The number of benzene rings is 2. The molecule has 1 saturated carbocycles. The molecule has 3 atom stereocenters. The van der Waals surface area contributed by atoms with E-state index in [1.807, 2.05) is 6.20 Å². The van der Waals surface area contributed by atoms with Crippen molar-refractivity contribution in [1.82, 2.24) is 9.55 Å². The van der Waals surface area contributed by atoms with Crippen LogP contribution in [0.2, 0.25) is 0 Å². The highest BCUT2D eigenvalue weighted by molar-refractivity contribution is 5.68. The fourth-order valence-electron chi connectivity index (χ4n) is 6.96. The Morgan fingerprint density at radius 2 is 1.59 bits per heavy atom. The predicted molar refractivity (Wildman–Crippen MR) is 155 cm³/mol. The smallest absolute Gasteiger partial charge is 0.144 e. The molecule has 1 aromatic heterocycles. The van der Waals surface area contributed by atoms with Gasteiger partial charge in [0.15, 0.2) is 0 Å². The highest BCUT2D eigenvalue weighted by Gasteiger charge is 2.61. The minimum atomic E-state index is 0.212. The van der Waals surface area contributed by atoms with Crippen LogP contribution < -0.4 is 0 Å². The average Bonchev–Trinajstić information content (AvgIpc) is 3.16. The van der Waals surface area contributed by atoms with Gasteiger partial charge in [0, 0.05) is 23.4 Å². The van der Waals surface area contributed by atoms with Crippen LogP contribution in [0.5, 0.6) is 0 Å². The maximum atomic E-state index is 9.81. The molecule has 1 aliphatic carbocycles. The average molecular weight is 496 g/mol.